The van der Waals surface area contributed by atoms with E-state index in [2.05, 4.69) is 20.5 Å². The number of hydrogen-bond acceptors (Lipinski definition) is 4. The van der Waals surface area contributed by atoms with Crippen LogP contribution in [0.3, 0.4) is 0 Å². The Morgan fingerprint density at radius 3 is 2.42 bits per heavy atom. The minimum atomic E-state index is -4.70. The summed E-state index contributed by atoms with van der Waals surface area (Å²) in [4.78, 5) is 16.2. The summed E-state index contributed by atoms with van der Waals surface area (Å²) < 4.78 is 80.1. The third kappa shape index (κ3) is 4.31. The molecule has 1 atom stereocenters. The van der Waals surface area contributed by atoms with Crippen molar-refractivity contribution < 1.29 is 31.1 Å². The molecule has 13 heteroatoms. The van der Waals surface area contributed by atoms with Crippen LogP contribution in [-0.2, 0) is 31.4 Å². The highest BCUT2D eigenvalue weighted by atomic mass is 19.4. The summed E-state index contributed by atoms with van der Waals surface area (Å²) in [6.07, 6.45) is -5.15. The van der Waals surface area contributed by atoms with Gasteiger partial charge in [-0.2, -0.15) is 36.5 Å². The number of pyridine rings is 1. The maximum atomic E-state index is 13.0. The van der Waals surface area contributed by atoms with Gasteiger partial charge in [0, 0.05) is 31.1 Å². The van der Waals surface area contributed by atoms with Crippen LogP contribution in [0.25, 0.3) is 5.69 Å². The SMILES string of the molecule is Cn1nc(C(F)(F)F)cc1C(=O)N[C@@]1(C)CCCc2nn(-c3ccnc(C(F)(F)F)c3)cc21. The van der Waals surface area contributed by atoms with Gasteiger partial charge in [-0.15, -0.1) is 0 Å². The van der Waals surface area contributed by atoms with Gasteiger partial charge in [0.05, 0.1) is 16.9 Å². The zero-order valence-electron chi connectivity index (χ0n) is 17.4. The van der Waals surface area contributed by atoms with Crippen molar-refractivity contribution in [2.75, 3.05) is 0 Å². The van der Waals surface area contributed by atoms with Crippen molar-refractivity contribution in [3.8, 4) is 5.69 Å². The second-order valence-corrected chi connectivity index (χ2v) is 8.01. The van der Waals surface area contributed by atoms with E-state index in [-0.39, 0.29) is 11.4 Å². The van der Waals surface area contributed by atoms with Crippen LogP contribution in [0.15, 0.2) is 30.6 Å². The first kappa shape index (κ1) is 22.8. The van der Waals surface area contributed by atoms with E-state index in [0.717, 1.165) is 16.9 Å². The quantitative estimate of drug-likeness (QED) is 0.585. The molecule has 176 valence electrons. The van der Waals surface area contributed by atoms with Gasteiger partial charge in [0.1, 0.15) is 11.4 Å². The smallest absolute Gasteiger partial charge is 0.341 e. The van der Waals surface area contributed by atoms with Crippen molar-refractivity contribution in [1.82, 2.24) is 29.9 Å². The lowest BCUT2D eigenvalue weighted by molar-refractivity contribution is -0.142. The Labute approximate surface area is 183 Å². The summed E-state index contributed by atoms with van der Waals surface area (Å²) in [5, 5.41) is 10.5. The number of hydrogen-bond donors (Lipinski definition) is 1. The van der Waals surface area contributed by atoms with Crippen molar-refractivity contribution in [3.05, 3.63) is 58.9 Å². The van der Waals surface area contributed by atoms with E-state index in [4.69, 9.17) is 0 Å². The third-order valence-corrected chi connectivity index (χ3v) is 5.57. The minimum absolute atomic E-state index is 0.141. The van der Waals surface area contributed by atoms with Crippen LogP contribution >= 0.6 is 0 Å². The number of rotatable bonds is 3. The maximum absolute atomic E-state index is 13.0. The summed E-state index contributed by atoms with van der Waals surface area (Å²) in [5.74, 6) is -0.758. The summed E-state index contributed by atoms with van der Waals surface area (Å²) in [5.41, 5.74) is -2.22. The van der Waals surface area contributed by atoms with Gasteiger partial charge in [0.15, 0.2) is 5.69 Å². The van der Waals surface area contributed by atoms with E-state index in [1.807, 2.05) is 0 Å². The van der Waals surface area contributed by atoms with Crippen LogP contribution in [0.4, 0.5) is 26.3 Å². The second-order valence-electron chi connectivity index (χ2n) is 8.01. The largest absolute Gasteiger partial charge is 0.435 e. The van der Waals surface area contributed by atoms with Crippen LogP contribution < -0.4 is 5.32 Å². The molecule has 4 rings (SSSR count). The molecule has 0 spiro atoms. The highest BCUT2D eigenvalue weighted by Crippen LogP contribution is 2.36. The first-order valence-electron chi connectivity index (χ1n) is 9.84. The fourth-order valence-corrected chi connectivity index (χ4v) is 3.91. The molecule has 0 fully saturated rings. The molecule has 0 radical (unpaired) electrons. The number of nitrogens with one attached hydrogen (secondary N) is 1. The summed E-state index contributed by atoms with van der Waals surface area (Å²) >= 11 is 0. The average molecular weight is 472 g/mol. The molecule has 0 saturated carbocycles. The van der Waals surface area contributed by atoms with Gasteiger partial charge in [-0.05, 0) is 38.3 Å². The van der Waals surface area contributed by atoms with Crippen LogP contribution in [0, 0.1) is 0 Å². The average Bonchev–Trinajstić information content (AvgIpc) is 3.32. The Morgan fingerprint density at radius 1 is 1.09 bits per heavy atom. The Balaban J connectivity index is 1.65. The molecule has 3 aromatic heterocycles. The number of aryl methyl sites for hydroxylation is 2. The molecule has 3 heterocycles. The molecule has 0 saturated heterocycles. The molecule has 3 aromatic rings. The highest BCUT2D eigenvalue weighted by molar-refractivity contribution is 5.93. The van der Waals surface area contributed by atoms with E-state index in [1.165, 1.54) is 24.0 Å². The van der Waals surface area contributed by atoms with Crippen LogP contribution in [0.1, 0.15) is 52.9 Å². The number of amides is 1. The Bertz CT molecular complexity index is 1210. The number of nitrogens with zero attached hydrogens (tertiary/aromatic N) is 5. The first-order valence-corrected chi connectivity index (χ1v) is 9.84. The van der Waals surface area contributed by atoms with Crippen molar-refractivity contribution in [2.24, 2.45) is 7.05 Å². The molecule has 1 aliphatic rings. The van der Waals surface area contributed by atoms with Gasteiger partial charge in [-0.3, -0.25) is 14.5 Å². The first-order chi connectivity index (χ1) is 15.3. The van der Waals surface area contributed by atoms with E-state index in [0.29, 0.717) is 36.6 Å². The number of carbonyl (C=O) groups is 1. The number of halogens is 6. The monoisotopic (exact) mass is 472 g/mol. The van der Waals surface area contributed by atoms with Crippen molar-refractivity contribution >= 4 is 5.91 Å². The normalized spacial score (nSPS) is 18.8. The fourth-order valence-electron chi connectivity index (χ4n) is 3.91. The molecular weight excluding hydrogens is 454 g/mol. The topological polar surface area (TPSA) is 77.6 Å². The Morgan fingerprint density at radius 2 is 1.79 bits per heavy atom. The summed E-state index contributed by atoms with van der Waals surface area (Å²) in [6.45, 7) is 1.70. The van der Waals surface area contributed by atoms with Crippen molar-refractivity contribution in [1.29, 1.82) is 0 Å². The number of carbonyl (C=O) groups excluding carboxylic acids is 1. The van der Waals surface area contributed by atoms with Crippen LogP contribution in [0.5, 0.6) is 0 Å². The second kappa shape index (κ2) is 7.59. The summed E-state index contributed by atoms with van der Waals surface area (Å²) in [6, 6.07) is 2.90. The third-order valence-electron chi connectivity index (χ3n) is 5.57. The molecule has 1 aliphatic carbocycles. The lowest BCUT2D eigenvalue weighted by Gasteiger charge is -2.34. The molecule has 0 unspecified atom stereocenters. The lowest BCUT2D eigenvalue weighted by Crippen LogP contribution is -2.45. The predicted octanol–water partition coefficient (Wildman–Crippen LogP) is 4.02. The molecular formula is C20H18F6N6O. The van der Waals surface area contributed by atoms with Crippen molar-refractivity contribution in [2.45, 2.75) is 44.1 Å². The number of aromatic nitrogens is 5. The van der Waals surface area contributed by atoms with Gasteiger partial charge in [0.25, 0.3) is 5.91 Å². The molecule has 1 N–H and O–H groups in total. The fraction of sp³-hybridized carbons (Fsp3) is 0.400. The van der Waals surface area contributed by atoms with E-state index in [1.54, 1.807) is 6.92 Å². The zero-order chi connectivity index (χ0) is 24.2. The highest BCUT2D eigenvalue weighted by Gasteiger charge is 2.39. The molecule has 0 bridgehead atoms. The van der Waals surface area contributed by atoms with Gasteiger partial charge >= 0.3 is 12.4 Å². The van der Waals surface area contributed by atoms with Crippen LogP contribution in [-0.4, -0.2) is 30.5 Å². The Kier molecular flexibility index (Phi) is 5.25. The van der Waals surface area contributed by atoms with E-state index < -0.39 is 35.2 Å². The molecule has 33 heavy (non-hydrogen) atoms. The molecule has 0 aliphatic heterocycles. The van der Waals surface area contributed by atoms with Gasteiger partial charge in [-0.25, -0.2) is 4.68 Å². The lowest BCUT2D eigenvalue weighted by atomic mass is 9.81. The van der Waals surface area contributed by atoms with Gasteiger partial charge in [0.2, 0.25) is 0 Å². The maximum Gasteiger partial charge on any atom is 0.435 e. The van der Waals surface area contributed by atoms with Crippen LogP contribution in [0.2, 0.25) is 0 Å². The minimum Gasteiger partial charge on any atom is -0.341 e. The summed E-state index contributed by atoms with van der Waals surface area (Å²) in [7, 11) is 1.23. The predicted molar refractivity (Wildman–Crippen MR) is 102 cm³/mol. The molecule has 1 amide bonds. The van der Waals surface area contributed by atoms with Gasteiger partial charge in [-0.1, -0.05) is 0 Å². The van der Waals surface area contributed by atoms with E-state index in [9.17, 15) is 31.1 Å². The van der Waals surface area contributed by atoms with Gasteiger partial charge < -0.3 is 5.32 Å². The number of fused-ring (bicyclic) bond motifs is 1. The zero-order valence-corrected chi connectivity index (χ0v) is 17.4. The Hall–Kier alpha value is -3.38. The van der Waals surface area contributed by atoms with E-state index >= 15 is 0 Å². The van der Waals surface area contributed by atoms with Crippen molar-refractivity contribution in [3.63, 3.8) is 0 Å². The standard InChI is InChI=1S/C20H18F6N6O/c1-18(28-17(33)14-9-16(20(24,25)26)30-31(14)2)6-3-4-13-12(18)10-32(29-13)11-5-7-27-15(8-11)19(21,22)23/h5,7-10H,3-4,6H2,1-2H3,(H,28,33)/t18-/m0/s1. The molecule has 0 aromatic carbocycles. The number of alkyl halides is 6. The molecule has 7 nitrogen and oxygen atoms in total.